The molecule has 13 heavy (non-hydrogen) atoms. The summed E-state index contributed by atoms with van der Waals surface area (Å²) >= 11 is 0. The van der Waals surface area contributed by atoms with Gasteiger partial charge in [0.05, 0.1) is 13.2 Å². The van der Waals surface area contributed by atoms with Gasteiger partial charge in [-0.25, -0.2) is 0 Å². The highest BCUT2D eigenvalue weighted by atomic mass is 16.5. The molecular weight excluding hydrogens is 166 g/mol. The van der Waals surface area contributed by atoms with Gasteiger partial charge < -0.3 is 10.1 Å². The number of esters is 1. The third-order valence-electron chi connectivity index (χ3n) is 2.38. The van der Waals surface area contributed by atoms with Crippen LogP contribution >= 0.6 is 0 Å². The van der Waals surface area contributed by atoms with Crippen LogP contribution < -0.4 is 5.32 Å². The van der Waals surface area contributed by atoms with E-state index >= 15 is 0 Å². The summed E-state index contributed by atoms with van der Waals surface area (Å²) in [4.78, 5) is 11.1. The summed E-state index contributed by atoms with van der Waals surface area (Å²) in [6, 6.07) is 0.397. The zero-order chi connectivity index (χ0) is 9.68. The molecular formula is C10H19NO2. The molecule has 0 spiro atoms. The average Bonchev–Trinajstić information content (AvgIpc) is 2.94. The van der Waals surface area contributed by atoms with Crippen LogP contribution in [0, 0.1) is 5.92 Å². The minimum Gasteiger partial charge on any atom is -0.464 e. The third kappa shape index (κ3) is 4.88. The molecule has 0 aromatic carbocycles. The summed E-state index contributed by atoms with van der Waals surface area (Å²) in [7, 11) is 0. The van der Waals surface area contributed by atoms with Crippen LogP contribution in [0.15, 0.2) is 0 Å². The molecule has 1 atom stereocenters. The molecule has 76 valence electrons. The third-order valence-corrected chi connectivity index (χ3v) is 2.38. The maximum absolute atomic E-state index is 11.1. The highest BCUT2D eigenvalue weighted by Crippen LogP contribution is 2.28. The predicted octanol–water partition coefficient (Wildman–Crippen LogP) is 1.33. The van der Waals surface area contributed by atoms with Crippen LogP contribution in [-0.2, 0) is 9.53 Å². The summed E-state index contributed by atoms with van der Waals surface area (Å²) in [5.41, 5.74) is 0. The first-order valence-corrected chi connectivity index (χ1v) is 5.11. The van der Waals surface area contributed by atoms with Gasteiger partial charge in [0.2, 0.25) is 0 Å². The topological polar surface area (TPSA) is 38.3 Å². The lowest BCUT2D eigenvalue weighted by molar-refractivity contribution is -0.143. The molecule has 1 saturated carbocycles. The summed E-state index contributed by atoms with van der Waals surface area (Å²) in [6.07, 6.45) is 3.49. The Labute approximate surface area is 79.8 Å². The number of carbonyl (C=O) groups excluding carboxylic acids is 1. The van der Waals surface area contributed by atoms with E-state index in [0.717, 1.165) is 6.42 Å². The van der Waals surface area contributed by atoms with Crippen molar-refractivity contribution in [3.05, 3.63) is 0 Å². The fourth-order valence-corrected chi connectivity index (χ4v) is 0.948. The molecule has 0 aromatic rings. The van der Waals surface area contributed by atoms with E-state index in [1.165, 1.54) is 12.8 Å². The summed E-state index contributed by atoms with van der Waals surface area (Å²) in [6.45, 7) is 5.13. The molecule has 3 heteroatoms. The SMILES string of the molecule is CCC(C)NCC(=O)OCC1CC1. The van der Waals surface area contributed by atoms with Crippen LogP contribution in [-0.4, -0.2) is 25.2 Å². The van der Waals surface area contributed by atoms with E-state index in [1.54, 1.807) is 0 Å². The summed E-state index contributed by atoms with van der Waals surface area (Å²) in [5, 5.41) is 3.10. The Balaban J connectivity index is 1.96. The van der Waals surface area contributed by atoms with E-state index < -0.39 is 0 Å². The number of hydrogen-bond acceptors (Lipinski definition) is 3. The molecule has 1 N–H and O–H groups in total. The first-order valence-electron chi connectivity index (χ1n) is 5.11. The Morgan fingerprint density at radius 2 is 2.31 bits per heavy atom. The number of hydrogen-bond donors (Lipinski definition) is 1. The predicted molar refractivity (Wildman–Crippen MR) is 51.4 cm³/mol. The van der Waals surface area contributed by atoms with Gasteiger partial charge in [0.1, 0.15) is 0 Å². The van der Waals surface area contributed by atoms with Crippen LogP contribution in [0.1, 0.15) is 33.1 Å². The van der Waals surface area contributed by atoms with Crippen molar-refractivity contribution < 1.29 is 9.53 Å². The Morgan fingerprint density at radius 3 is 2.85 bits per heavy atom. The van der Waals surface area contributed by atoms with Gasteiger partial charge >= 0.3 is 5.97 Å². The Bertz CT molecular complexity index is 166. The van der Waals surface area contributed by atoms with Gasteiger partial charge in [0.25, 0.3) is 0 Å². The smallest absolute Gasteiger partial charge is 0.319 e. The van der Waals surface area contributed by atoms with Crippen molar-refractivity contribution in [3.63, 3.8) is 0 Å². The first-order chi connectivity index (χ1) is 6.22. The van der Waals surface area contributed by atoms with E-state index in [1.807, 2.05) is 0 Å². The fourth-order valence-electron chi connectivity index (χ4n) is 0.948. The van der Waals surface area contributed by atoms with Crippen LogP contribution in [0.2, 0.25) is 0 Å². The molecule has 0 bridgehead atoms. The first kappa shape index (κ1) is 10.5. The van der Waals surface area contributed by atoms with Crippen molar-refractivity contribution in [1.29, 1.82) is 0 Å². The maximum Gasteiger partial charge on any atom is 0.319 e. The highest BCUT2D eigenvalue weighted by Gasteiger charge is 2.22. The van der Waals surface area contributed by atoms with Gasteiger partial charge in [-0.15, -0.1) is 0 Å². The highest BCUT2D eigenvalue weighted by molar-refractivity contribution is 5.71. The van der Waals surface area contributed by atoms with Crippen molar-refractivity contribution in [1.82, 2.24) is 5.32 Å². The second kappa shape index (κ2) is 5.22. The molecule has 1 aliphatic carbocycles. The molecule has 0 amide bonds. The summed E-state index contributed by atoms with van der Waals surface area (Å²) < 4.78 is 5.06. The van der Waals surface area contributed by atoms with E-state index in [4.69, 9.17) is 4.74 Å². The second-order valence-corrected chi connectivity index (χ2v) is 3.82. The number of carbonyl (C=O) groups is 1. The molecule has 0 heterocycles. The van der Waals surface area contributed by atoms with E-state index in [2.05, 4.69) is 19.2 Å². The fraction of sp³-hybridized carbons (Fsp3) is 0.900. The monoisotopic (exact) mass is 185 g/mol. The lowest BCUT2D eigenvalue weighted by Crippen LogP contribution is -2.32. The van der Waals surface area contributed by atoms with Crippen molar-refractivity contribution in [2.75, 3.05) is 13.2 Å². The van der Waals surface area contributed by atoms with E-state index in [0.29, 0.717) is 25.1 Å². The maximum atomic E-state index is 11.1. The van der Waals surface area contributed by atoms with Crippen LogP contribution in [0.3, 0.4) is 0 Å². The quantitative estimate of drug-likeness (QED) is 0.634. The molecule has 0 radical (unpaired) electrons. The minimum absolute atomic E-state index is 0.118. The standard InChI is InChI=1S/C10H19NO2/c1-3-8(2)11-6-10(12)13-7-9-4-5-9/h8-9,11H,3-7H2,1-2H3. The number of rotatable bonds is 6. The van der Waals surface area contributed by atoms with Gasteiger partial charge in [-0.05, 0) is 32.1 Å². The molecule has 0 aromatic heterocycles. The van der Waals surface area contributed by atoms with Crippen molar-refractivity contribution in [2.24, 2.45) is 5.92 Å². The molecule has 1 unspecified atom stereocenters. The van der Waals surface area contributed by atoms with Crippen LogP contribution in [0.5, 0.6) is 0 Å². The largest absolute Gasteiger partial charge is 0.464 e. The van der Waals surface area contributed by atoms with Crippen molar-refractivity contribution in [2.45, 2.75) is 39.2 Å². The van der Waals surface area contributed by atoms with Gasteiger partial charge in [-0.2, -0.15) is 0 Å². The zero-order valence-electron chi connectivity index (χ0n) is 8.51. The average molecular weight is 185 g/mol. The van der Waals surface area contributed by atoms with Crippen molar-refractivity contribution in [3.8, 4) is 0 Å². The van der Waals surface area contributed by atoms with Gasteiger partial charge in [0, 0.05) is 6.04 Å². The summed E-state index contributed by atoms with van der Waals surface area (Å²) in [5.74, 6) is 0.541. The molecule has 1 fully saturated rings. The van der Waals surface area contributed by atoms with Crippen LogP contribution in [0.4, 0.5) is 0 Å². The van der Waals surface area contributed by atoms with Crippen molar-refractivity contribution >= 4 is 5.97 Å². The second-order valence-electron chi connectivity index (χ2n) is 3.82. The molecule has 3 nitrogen and oxygen atoms in total. The molecule has 1 rings (SSSR count). The lowest BCUT2D eigenvalue weighted by atomic mass is 10.3. The van der Waals surface area contributed by atoms with Gasteiger partial charge in [-0.3, -0.25) is 4.79 Å². The molecule has 0 aliphatic heterocycles. The number of nitrogens with one attached hydrogen (secondary N) is 1. The molecule has 0 saturated heterocycles. The van der Waals surface area contributed by atoms with E-state index in [-0.39, 0.29) is 5.97 Å². The zero-order valence-corrected chi connectivity index (χ0v) is 8.51. The Hall–Kier alpha value is -0.570. The van der Waals surface area contributed by atoms with E-state index in [9.17, 15) is 4.79 Å². The number of ether oxygens (including phenoxy) is 1. The van der Waals surface area contributed by atoms with Gasteiger partial charge in [-0.1, -0.05) is 6.92 Å². The van der Waals surface area contributed by atoms with Gasteiger partial charge in [0.15, 0.2) is 0 Å². The minimum atomic E-state index is -0.118. The van der Waals surface area contributed by atoms with Crippen LogP contribution in [0.25, 0.3) is 0 Å². The Kier molecular flexibility index (Phi) is 4.22. The lowest BCUT2D eigenvalue weighted by Gasteiger charge is -2.10. The molecule has 1 aliphatic rings. The normalized spacial score (nSPS) is 18.3. The Morgan fingerprint density at radius 1 is 1.62 bits per heavy atom.